The molecule has 0 bridgehead atoms. The molecule has 0 atom stereocenters. The molecule has 260 valence electrons. The molecule has 56 heavy (non-hydrogen) atoms. The Bertz CT molecular complexity index is 3140. The van der Waals surface area contributed by atoms with Crippen LogP contribution in [0.2, 0.25) is 0 Å². The Hall–Kier alpha value is -7.36. The molecule has 0 radical (unpaired) electrons. The minimum absolute atomic E-state index is 0.576. The van der Waals surface area contributed by atoms with Gasteiger partial charge >= 0.3 is 0 Å². The van der Waals surface area contributed by atoms with Crippen LogP contribution in [0.3, 0.4) is 0 Å². The van der Waals surface area contributed by atoms with Crippen LogP contribution in [-0.4, -0.2) is 9.97 Å². The van der Waals surface area contributed by atoms with Gasteiger partial charge in [0.2, 0.25) is 0 Å². The van der Waals surface area contributed by atoms with Gasteiger partial charge in [-0.15, -0.1) is 0 Å². The lowest BCUT2D eigenvalue weighted by Crippen LogP contribution is -2.29. The number of hydrogen-bond acceptors (Lipinski definition) is 3. The van der Waals surface area contributed by atoms with E-state index in [4.69, 9.17) is 14.4 Å². The number of fused-ring (bicyclic) bond motifs is 15. The van der Waals surface area contributed by atoms with Crippen LogP contribution in [0.15, 0.2) is 199 Å². The number of furan rings is 1. The molecule has 2 aromatic heterocycles. The zero-order chi connectivity index (χ0) is 36.8. The lowest BCUT2D eigenvalue weighted by molar-refractivity contribution is 0.669. The number of hydrogen-bond donors (Lipinski definition) is 0. The van der Waals surface area contributed by atoms with Crippen molar-refractivity contribution in [1.29, 1.82) is 0 Å². The molecule has 2 aliphatic carbocycles. The second-order valence-corrected chi connectivity index (χ2v) is 14.8. The van der Waals surface area contributed by atoms with Crippen molar-refractivity contribution in [2.75, 3.05) is 0 Å². The first kappa shape index (κ1) is 31.0. The van der Waals surface area contributed by atoms with Crippen molar-refractivity contribution in [3.63, 3.8) is 0 Å². The smallest absolute Gasteiger partial charge is 0.161 e. The molecule has 3 heteroatoms. The third-order valence-electron chi connectivity index (χ3n) is 11.9. The van der Waals surface area contributed by atoms with Crippen LogP contribution >= 0.6 is 0 Å². The average Bonchev–Trinajstić information content (AvgIpc) is 3.77. The number of para-hydroxylation sites is 1. The van der Waals surface area contributed by atoms with Gasteiger partial charge in [0, 0.05) is 27.5 Å². The van der Waals surface area contributed by atoms with Crippen molar-refractivity contribution >= 4 is 21.9 Å². The predicted molar refractivity (Wildman–Crippen MR) is 227 cm³/mol. The van der Waals surface area contributed by atoms with Gasteiger partial charge in [0.25, 0.3) is 0 Å². The molecule has 0 N–H and O–H groups in total. The van der Waals surface area contributed by atoms with Crippen LogP contribution in [0.5, 0.6) is 0 Å². The van der Waals surface area contributed by atoms with E-state index < -0.39 is 5.41 Å². The van der Waals surface area contributed by atoms with Crippen LogP contribution in [0.25, 0.3) is 89.2 Å². The monoisotopic (exact) mass is 712 g/mol. The van der Waals surface area contributed by atoms with Gasteiger partial charge in [0.15, 0.2) is 5.82 Å². The minimum atomic E-state index is -0.576. The molecular weight excluding hydrogens is 681 g/mol. The highest BCUT2D eigenvalue weighted by molar-refractivity contribution is 6.12. The largest absolute Gasteiger partial charge is 0.456 e. The van der Waals surface area contributed by atoms with Gasteiger partial charge in [-0.05, 0) is 79.9 Å². The first-order valence-electron chi connectivity index (χ1n) is 19.2. The molecule has 2 heterocycles. The van der Waals surface area contributed by atoms with Crippen molar-refractivity contribution in [3.8, 4) is 67.3 Å². The summed E-state index contributed by atoms with van der Waals surface area (Å²) in [6.45, 7) is 0. The van der Waals surface area contributed by atoms with Crippen LogP contribution in [0.1, 0.15) is 22.3 Å². The van der Waals surface area contributed by atoms with Crippen LogP contribution in [0, 0.1) is 0 Å². The number of nitrogens with zero attached hydrogens (tertiary/aromatic N) is 2. The lowest BCUT2D eigenvalue weighted by atomic mass is 9.65. The van der Waals surface area contributed by atoms with Crippen LogP contribution < -0.4 is 0 Å². The Morgan fingerprint density at radius 3 is 1.52 bits per heavy atom. The fourth-order valence-electron chi connectivity index (χ4n) is 9.64. The van der Waals surface area contributed by atoms with Crippen LogP contribution in [0.4, 0.5) is 0 Å². The Kier molecular flexibility index (Phi) is 6.55. The van der Waals surface area contributed by atoms with Crippen molar-refractivity contribution in [2.45, 2.75) is 5.41 Å². The SMILES string of the molecule is c1ccc(-c2cc(-c3ccc4c(c3)C3(c5ccccc5-c5ccccc5-c5ccccc53)c3ccccc3-4)nc(-c3cccc4oc5ccccc5c34)n2)cc1. The van der Waals surface area contributed by atoms with Gasteiger partial charge in [-0.1, -0.05) is 170 Å². The molecule has 2 aliphatic rings. The molecule has 3 nitrogen and oxygen atoms in total. The van der Waals surface area contributed by atoms with Crippen LogP contribution in [-0.2, 0) is 5.41 Å². The molecule has 0 amide bonds. The van der Waals surface area contributed by atoms with Gasteiger partial charge in [-0.25, -0.2) is 9.97 Å². The quantitative estimate of drug-likeness (QED) is 0.183. The number of benzene rings is 8. The Morgan fingerprint density at radius 1 is 0.339 bits per heavy atom. The second-order valence-electron chi connectivity index (χ2n) is 14.8. The third kappa shape index (κ3) is 4.28. The second kappa shape index (κ2) is 11.8. The van der Waals surface area contributed by atoms with E-state index >= 15 is 0 Å². The van der Waals surface area contributed by atoms with E-state index in [0.29, 0.717) is 5.82 Å². The molecular formula is C53H32N2O. The average molecular weight is 713 g/mol. The summed E-state index contributed by atoms with van der Waals surface area (Å²) in [6, 6.07) is 69.8. The fraction of sp³-hybridized carbons (Fsp3) is 0.0189. The molecule has 0 saturated heterocycles. The maximum Gasteiger partial charge on any atom is 0.161 e. The van der Waals surface area contributed by atoms with Gasteiger partial charge in [-0.2, -0.15) is 0 Å². The Balaban J connectivity index is 1.16. The van der Waals surface area contributed by atoms with Gasteiger partial charge < -0.3 is 4.42 Å². The molecule has 8 aromatic carbocycles. The first-order chi connectivity index (χ1) is 27.8. The molecule has 0 saturated carbocycles. The standard InChI is InChI=1S/C53H32N2O/c1-2-15-33(16-3-1)47-32-48(55-52(54-47)42-23-14-28-50-51(42)41-22-9-13-27-49(41)56-50)34-29-30-40-39-21-8-12-26-45(39)53(46(40)31-34)43-24-10-6-19-37(43)35-17-4-5-18-36(35)38-20-7-11-25-44(38)53/h1-32H. The molecule has 0 aliphatic heterocycles. The molecule has 12 rings (SSSR count). The number of rotatable bonds is 3. The van der Waals surface area contributed by atoms with Crippen molar-refractivity contribution in [2.24, 2.45) is 0 Å². The summed E-state index contributed by atoms with van der Waals surface area (Å²) in [4.78, 5) is 10.7. The molecule has 10 aromatic rings. The highest BCUT2D eigenvalue weighted by Crippen LogP contribution is 2.61. The highest BCUT2D eigenvalue weighted by atomic mass is 16.3. The van der Waals surface area contributed by atoms with E-state index in [9.17, 15) is 0 Å². The minimum Gasteiger partial charge on any atom is -0.456 e. The summed E-state index contributed by atoms with van der Waals surface area (Å²) in [5.74, 6) is 0.664. The van der Waals surface area contributed by atoms with E-state index in [1.54, 1.807) is 0 Å². The summed E-state index contributed by atoms with van der Waals surface area (Å²) < 4.78 is 6.32. The van der Waals surface area contributed by atoms with Gasteiger partial charge in [-0.3, -0.25) is 0 Å². The molecule has 0 fully saturated rings. The van der Waals surface area contributed by atoms with E-state index in [0.717, 1.165) is 50.0 Å². The zero-order valence-electron chi connectivity index (χ0n) is 30.3. The highest BCUT2D eigenvalue weighted by Gasteiger charge is 2.49. The first-order valence-corrected chi connectivity index (χ1v) is 19.2. The van der Waals surface area contributed by atoms with Crippen molar-refractivity contribution in [3.05, 3.63) is 216 Å². The maximum atomic E-state index is 6.32. The van der Waals surface area contributed by atoms with E-state index in [2.05, 4.69) is 164 Å². The van der Waals surface area contributed by atoms with Gasteiger partial charge in [0.1, 0.15) is 11.2 Å². The van der Waals surface area contributed by atoms with E-state index in [1.807, 2.05) is 30.3 Å². The molecule has 1 spiro atoms. The van der Waals surface area contributed by atoms with E-state index in [-0.39, 0.29) is 0 Å². The normalized spacial score (nSPS) is 13.1. The summed E-state index contributed by atoms with van der Waals surface area (Å²) in [5, 5.41) is 2.08. The third-order valence-corrected chi connectivity index (χ3v) is 11.9. The number of aromatic nitrogens is 2. The van der Waals surface area contributed by atoms with Crippen molar-refractivity contribution in [1.82, 2.24) is 9.97 Å². The van der Waals surface area contributed by atoms with Crippen molar-refractivity contribution < 1.29 is 4.42 Å². The molecule has 0 unspecified atom stereocenters. The Labute approximate surface area is 324 Å². The van der Waals surface area contributed by atoms with E-state index in [1.165, 1.54) is 55.6 Å². The topological polar surface area (TPSA) is 38.9 Å². The summed E-state index contributed by atoms with van der Waals surface area (Å²) >= 11 is 0. The fourth-order valence-corrected chi connectivity index (χ4v) is 9.64. The zero-order valence-corrected chi connectivity index (χ0v) is 30.3. The predicted octanol–water partition coefficient (Wildman–Crippen LogP) is 13.4. The Morgan fingerprint density at radius 2 is 0.839 bits per heavy atom. The lowest BCUT2D eigenvalue weighted by Gasteiger charge is -2.35. The summed E-state index contributed by atoms with van der Waals surface area (Å²) in [5.41, 5.74) is 18.5. The summed E-state index contributed by atoms with van der Waals surface area (Å²) in [7, 11) is 0. The maximum absolute atomic E-state index is 6.32. The van der Waals surface area contributed by atoms with Gasteiger partial charge in [0.05, 0.1) is 16.8 Å². The summed E-state index contributed by atoms with van der Waals surface area (Å²) in [6.07, 6.45) is 0.